The van der Waals surface area contributed by atoms with Gasteiger partial charge in [0.25, 0.3) is 10.1 Å². The summed E-state index contributed by atoms with van der Waals surface area (Å²) in [6, 6.07) is 5.98. The van der Waals surface area contributed by atoms with Crippen molar-refractivity contribution in [3.05, 3.63) is 36.2 Å². The predicted octanol–water partition coefficient (Wildman–Crippen LogP) is 0.649. The van der Waals surface area contributed by atoms with Crippen LogP contribution in [0.4, 0.5) is 0 Å². The molecule has 0 amide bonds. The number of fused-ring (bicyclic) bond motifs is 1. The van der Waals surface area contributed by atoms with Gasteiger partial charge in [-0.05, 0) is 24.4 Å². The normalized spacial score (nSPS) is 11.8. The zero-order valence-electron chi connectivity index (χ0n) is 10.0. The minimum atomic E-state index is -4.31. The quantitative estimate of drug-likeness (QED) is 0.330. The van der Waals surface area contributed by atoms with Gasteiger partial charge >= 0.3 is 0 Å². The smallest absolute Gasteiger partial charge is 0.295 e. The van der Waals surface area contributed by atoms with Crippen LogP contribution < -0.4 is 11.2 Å². The van der Waals surface area contributed by atoms with Crippen molar-refractivity contribution in [1.82, 2.24) is 10.4 Å². The Labute approximate surface area is 120 Å². The Morgan fingerprint density at radius 2 is 2.15 bits per heavy atom. The molecule has 0 aliphatic rings. The molecule has 0 saturated carbocycles. The number of pyridine rings is 1. The lowest BCUT2D eigenvalue weighted by Crippen LogP contribution is -2.24. The van der Waals surface area contributed by atoms with Crippen LogP contribution in [0.5, 0.6) is 0 Å². The highest BCUT2D eigenvalue weighted by Crippen LogP contribution is 2.23. The maximum Gasteiger partial charge on any atom is 0.295 e. The number of hydrogen-bond donors (Lipinski definition) is 3. The first kappa shape index (κ1) is 14.3. The van der Waals surface area contributed by atoms with E-state index >= 15 is 0 Å². The first-order valence-corrected chi connectivity index (χ1v) is 7.18. The number of hydrazone groups is 1. The predicted molar refractivity (Wildman–Crippen MR) is 79.1 cm³/mol. The van der Waals surface area contributed by atoms with Crippen LogP contribution in [-0.4, -0.2) is 29.3 Å². The fourth-order valence-electron chi connectivity index (χ4n) is 1.69. The van der Waals surface area contributed by atoms with E-state index in [2.05, 4.69) is 27.7 Å². The van der Waals surface area contributed by atoms with Crippen LogP contribution in [0, 0.1) is 0 Å². The fourth-order valence-corrected chi connectivity index (χ4v) is 2.44. The van der Waals surface area contributed by atoms with E-state index in [0.717, 1.165) is 0 Å². The van der Waals surface area contributed by atoms with E-state index in [9.17, 15) is 13.0 Å². The Hall–Kier alpha value is -2.10. The summed E-state index contributed by atoms with van der Waals surface area (Å²) in [7, 11) is -4.31. The van der Waals surface area contributed by atoms with Gasteiger partial charge in [0, 0.05) is 17.0 Å². The maximum atomic E-state index is 11.3. The second-order valence-corrected chi connectivity index (χ2v) is 5.59. The van der Waals surface area contributed by atoms with Gasteiger partial charge in [0.05, 0.1) is 11.9 Å². The highest BCUT2D eigenvalue weighted by atomic mass is 32.2. The van der Waals surface area contributed by atoms with Crippen molar-refractivity contribution >= 4 is 44.4 Å². The topological polar surface area (TPSA) is 118 Å². The summed E-state index contributed by atoms with van der Waals surface area (Å²) in [4.78, 5) is 3.89. The zero-order valence-corrected chi connectivity index (χ0v) is 11.6. The van der Waals surface area contributed by atoms with E-state index in [1.807, 2.05) is 0 Å². The van der Waals surface area contributed by atoms with Crippen molar-refractivity contribution in [3.63, 3.8) is 0 Å². The number of nitrogens with two attached hydrogens (primary N) is 1. The van der Waals surface area contributed by atoms with Crippen LogP contribution >= 0.6 is 12.2 Å². The standard InChI is InChI=1S/C11H10N4O3S2/c12-11(19)15-14-6-9-7-2-1-3-10(20(16,17)18)8(7)4-5-13-9/h1-6H,(H3,12,15,19)(H,16,17,18). The summed E-state index contributed by atoms with van der Waals surface area (Å²) < 4.78 is 31.8. The van der Waals surface area contributed by atoms with Gasteiger partial charge in [-0.15, -0.1) is 0 Å². The fraction of sp³-hybridized carbons (Fsp3) is 0. The van der Waals surface area contributed by atoms with Crippen molar-refractivity contribution in [2.75, 3.05) is 0 Å². The lowest BCUT2D eigenvalue weighted by molar-refractivity contribution is 0.484. The first-order valence-electron chi connectivity index (χ1n) is 5.33. The Balaban J connectivity index is 2.60. The summed E-state index contributed by atoms with van der Waals surface area (Å²) >= 11 is 4.60. The van der Waals surface area contributed by atoms with Crippen molar-refractivity contribution in [2.24, 2.45) is 10.8 Å². The van der Waals surface area contributed by atoms with E-state index in [1.54, 1.807) is 6.07 Å². The molecule has 0 atom stereocenters. The Kier molecular flexibility index (Phi) is 3.93. The number of nitrogens with zero attached hydrogens (tertiary/aromatic N) is 2. The number of nitrogens with one attached hydrogen (secondary N) is 1. The van der Waals surface area contributed by atoms with Gasteiger partial charge in [-0.3, -0.25) is 15.0 Å². The molecule has 7 nitrogen and oxygen atoms in total. The molecule has 9 heteroatoms. The summed E-state index contributed by atoms with van der Waals surface area (Å²) in [6.45, 7) is 0. The first-order chi connectivity index (χ1) is 9.39. The molecule has 2 aromatic rings. The molecule has 0 bridgehead atoms. The van der Waals surface area contributed by atoms with Gasteiger partial charge in [0.2, 0.25) is 0 Å². The SMILES string of the molecule is NC(=S)NN=Cc1nccc2c(S(=O)(=O)O)cccc12. The van der Waals surface area contributed by atoms with E-state index in [-0.39, 0.29) is 10.0 Å². The molecule has 104 valence electrons. The molecule has 0 radical (unpaired) electrons. The minimum Gasteiger partial charge on any atom is -0.375 e. The molecular weight excluding hydrogens is 300 g/mol. The molecule has 0 fully saturated rings. The number of benzene rings is 1. The monoisotopic (exact) mass is 310 g/mol. The summed E-state index contributed by atoms with van der Waals surface area (Å²) in [5, 5.41) is 4.64. The van der Waals surface area contributed by atoms with E-state index in [1.165, 1.54) is 30.6 Å². The number of aromatic nitrogens is 1. The second-order valence-electron chi connectivity index (χ2n) is 3.76. The molecule has 0 unspecified atom stereocenters. The molecule has 4 N–H and O–H groups in total. The Morgan fingerprint density at radius 1 is 1.40 bits per heavy atom. The van der Waals surface area contributed by atoms with Crippen LogP contribution in [0.2, 0.25) is 0 Å². The molecule has 2 rings (SSSR count). The highest BCUT2D eigenvalue weighted by molar-refractivity contribution is 7.86. The third-order valence-corrected chi connectivity index (χ3v) is 3.44. The number of hydrogen-bond acceptors (Lipinski definition) is 5. The van der Waals surface area contributed by atoms with E-state index < -0.39 is 10.1 Å². The van der Waals surface area contributed by atoms with Gasteiger partial charge in [0.1, 0.15) is 4.90 Å². The minimum absolute atomic E-state index is 0.000103. The van der Waals surface area contributed by atoms with Gasteiger partial charge in [-0.25, -0.2) is 0 Å². The van der Waals surface area contributed by atoms with Crippen LogP contribution in [0.25, 0.3) is 10.8 Å². The molecule has 1 aromatic heterocycles. The van der Waals surface area contributed by atoms with Crippen LogP contribution in [-0.2, 0) is 10.1 Å². The van der Waals surface area contributed by atoms with E-state index in [0.29, 0.717) is 16.5 Å². The van der Waals surface area contributed by atoms with Crippen LogP contribution in [0.15, 0.2) is 40.5 Å². The lowest BCUT2D eigenvalue weighted by Gasteiger charge is -2.05. The number of thiocarbonyl (C=S) groups is 1. The summed E-state index contributed by atoms with van der Waals surface area (Å²) in [5.41, 5.74) is 8.01. The molecule has 1 aromatic carbocycles. The van der Waals surface area contributed by atoms with Crippen LogP contribution in [0.1, 0.15) is 5.69 Å². The molecule has 20 heavy (non-hydrogen) atoms. The maximum absolute atomic E-state index is 11.3. The molecule has 0 aliphatic carbocycles. The van der Waals surface area contributed by atoms with Crippen molar-refractivity contribution in [1.29, 1.82) is 0 Å². The zero-order chi connectivity index (χ0) is 14.8. The van der Waals surface area contributed by atoms with Crippen molar-refractivity contribution in [2.45, 2.75) is 4.90 Å². The third kappa shape index (κ3) is 3.07. The highest BCUT2D eigenvalue weighted by Gasteiger charge is 2.14. The van der Waals surface area contributed by atoms with Crippen molar-refractivity contribution in [3.8, 4) is 0 Å². The molecule has 0 aliphatic heterocycles. The molecule has 1 heterocycles. The van der Waals surface area contributed by atoms with Gasteiger partial charge in [0.15, 0.2) is 5.11 Å². The molecule has 0 saturated heterocycles. The summed E-state index contributed by atoms with van der Waals surface area (Å²) in [5.74, 6) is 0. The van der Waals surface area contributed by atoms with Gasteiger partial charge in [-0.1, -0.05) is 12.1 Å². The van der Waals surface area contributed by atoms with E-state index in [4.69, 9.17) is 5.73 Å². The van der Waals surface area contributed by atoms with Gasteiger partial charge in [-0.2, -0.15) is 13.5 Å². The summed E-state index contributed by atoms with van der Waals surface area (Å²) in [6.07, 6.45) is 2.77. The largest absolute Gasteiger partial charge is 0.375 e. The number of rotatable bonds is 3. The average Bonchev–Trinajstić information content (AvgIpc) is 2.36. The Bertz CT molecular complexity index is 802. The third-order valence-electron chi connectivity index (χ3n) is 2.44. The Morgan fingerprint density at radius 3 is 2.80 bits per heavy atom. The average molecular weight is 310 g/mol. The second kappa shape index (κ2) is 5.49. The van der Waals surface area contributed by atoms with Gasteiger partial charge < -0.3 is 5.73 Å². The van der Waals surface area contributed by atoms with Crippen LogP contribution in [0.3, 0.4) is 0 Å². The molecular formula is C11H10N4O3S2. The van der Waals surface area contributed by atoms with Crippen molar-refractivity contribution < 1.29 is 13.0 Å². The molecule has 0 spiro atoms. The lowest BCUT2D eigenvalue weighted by atomic mass is 10.1.